The summed E-state index contributed by atoms with van der Waals surface area (Å²) in [5.74, 6) is 0.650. The second-order valence-electron chi connectivity index (χ2n) is 3.61. The van der Waals surface area contributed by atoms with E-state index in [4.69, 9.17) is 0 Å². The van der Waals surface area contributed by atoms with Crippen molar-refractivity contribution >= 4 is 5.91 Å². The average Bonchev–Trinajstić information content (AvgIpc) is 2.70. The van der Waals surface area contributed by atoms with Gasteiger partial charge in [-0.25, -0.2) is 0 Å². The van der Waals surface area contributed by atoms with Crippen LogP contribution in [0.1, 0.15) is 26.1 Å². The normalized spacial score (nSPS) is 12.4. The molecule has 1 unspecified atom stereocenters. The highest BCUT2D eigenvalue weighted by atomic mass is 16.5. The van der Waals surface area contributed by atoms with Crippen molar-refractivity contribution in [1.29, 1.82) is 0 Å². The van der Waals surface area contributed by atoms with Crippen LogP contribution in [0.25, 0.3) is 0 Å². The summed E-state index contributed by atoms with van der Waals surface area (Å²) in [7, 11) is 0. The fraction of sp³-hybridized carbons (Fsp3) is 0.700. The highest BCUT2D eigenvalue weighted by Gasteiger charge is 2.07. The molecule has 6 nitrogen and oxygen atoms in total. The molecule has 0 saturated carbocycles. The number of amides is 1. The van der Waals surface area contributed by atoms with E-state index in [0.29, 0.717) is 25.2 Å². The van der Waals surface area contributed by atoms with Crippen molar-refractivity contribution in [2.24, 2.45) is 0 Å². The Morgan fingerprint density at radius 1 is 1.62 bits per heavy atom. The van der Waals surface area contributed by atoms with Gasteiger partial charge in [-0.15, -0.1) is 0 Å². The Morgan fingerprint density at radius 2 is 2.44 bits per heavy atom. The molecule has 1 heterocycles. The smallest absolute Gasteiger partial charge is 0.221 e. The molecule has 2 N–H and O–H groups in total. The topological polar surface area (TPSA) is 80.0 Å². The number of rotatable bonds is 7. The minimum absolute atomic E-state index is 0.0388. The minimum Gasteiger partial charge on any atom is -0.356 e. The molecule has 0 radical (unpaired) electrons. The van der Waals surface area contributed by atoms with Gasteiger partial charge < -0.3 is 15.2 Å². The Kier molecular flexibility index (Phi) is 5.49. The Balaban J connectivity index is 2.10. The first-order chi connectivity index (χ1) is 7.72. The van der Waals surface area contributed by atoms with Crippen LogP contribution >= 0.6 is 0 Å². The van der Waals surface area contributed by atoms with Gasteiger partial charge in [-0.3, -0.25) is 4.79 Å². The molecular formula is C10H18N4O2. The average molecular weight is 226 g/mol. The summed E-state index contributed by atoms with van der Waals surface area (Å²) in [6.07, 6.45) is 2.36. The number of hydrogen-bond donors (Lipinski definition) is 2. The molecule has 0 aliphatic heterocycles. The number of carbonyl (C=O) groups is 1. The lowest BCUT2D eigenvalue weighted by atomic mass is 10.2. The molecule has 1 aromatic heterocycles. The summed E-state index contributed by atoms with van der Waals surface area (Å²) in [5.41, 5.74) is 0. The molecule has 1 aromatic rings. The lowest BCUT2D eigenvalue weighted by Gasteiger charge is -2.11. The molecule has 0 aromatic carbocycles. The molecule has 1 rings (SSSR count). The molecule has 6 heteroatoms. The maximum Gasteiger partial charge on any atom is 0.221 e. The summed E-state index contributed by atoms with van der Waals surface area (Å²) in [4.78, 5) is 15.3. The molecule has 0 aliphatic carbocycles. The summed E-state index contributed by atoms with van der Waals surface area (Å²) in [6, 6.07) is 0.204. The molecule has 90 valence electrons. The Bertz CT molecular complexity index is 300. The van der Waals surface area contributed by atoms with Crippen molar-refractivity contribution in [2.75, 3.05) is 13.1 Å². The second-order valence-corrected chi connectivity index (χ2v) is 3.61. The van der Waals surface area contributed by atoms with Gasteiger partial charge in [-0.05, 0) is 13.5 Å². The van der Waals surface area contributed by atoms with Crippen molar-refractivity contribution in [1.82, 2.24) is 20.8 Å². The molecular weight excluding hydrogens is 208 g/mol. The van der Waals surface area contributed by atoms with Crippen LogP contribution in [0.5, 0.6) is 0 Å². The van der Waals surface area contributed by atoms with Crippen LogP contribution in [0.15, 0.2) is 10.9 Å². The van der Waals surface area contributed by atoms with Crippen molar-refractivity contribution < 1.29 is 9.32 Å². The summed E-state index contributed by atoms with van der Waals surface area (Å²) in [6.45, 7) is 5.42. The van der Waals surface area contributed by atoms with Gasteiger partial charge >= 0.3 is 0 Å². The number of nitrogens with zero attached hydrogens (tertiary/aromatic N) is 2. The standard InChI is InChI=1S/C10H18N4O2/c1-3-11-8(2)6-10(15)12-5-4-9-13-7-16-14-9/h7-8,11H,3-6H2,1-2H3,(H,12,15). The fourth-order valence-electron chi connectivity index (χ4n) is 1.39. The van der Waals surface area contributed by atoms with E-state index < -0.39 is 0 Å². The maximum absolute atomic E-state index is 11.4. The first-order valence-corrected chi connectivity index (χ1v) is 5.47. The highest BCUT2D eigenvalue weighted by Crippen LogP contribution is 1.91. The van der Waals surface area contributed by atoms with Crippen molar-refractivity contribution in [3.63, 3.8) is 0 Å². The zero-order chi connectivity index (χ0) is 11.8. The van der Waals surface area contributed by atoms with Gasteiger partial charge in [0.05, 0.1) is 0 Å². The van der Waals surface area contributed by atoms with E-state index in [1.54, 1.807) is 0 Å². The second kappa shape index (κ2) is 6.95. The van der Waals surface area contributed by atoms with Gasteiger partial charge in [-0.2, -0.15) is 4.98 Å². The largest absolute Gasteiger partial charge is 0.356 e. The summed E-state index contributed by atoms with van der Waals surface area (Å²) >= 11 is 0. The van der Waals surface area contributed by atoms with E-state index in [9.17, 15) is 4.79 Å². The number of carbonyl (C=O) groups excluding carboxylic acids is 1. The predicted octanol–water partition coefficient (Wildman–Crippen LogP) is 0.116. The van der Waals surface area contributed by atoms with Crippen LogP contribution < -0.4 is 10.6 Å². The van der Waals surface area contributed by atoms with Crippen LogP contribution in [0.3, 0.4) is 0 Å². The maximum atomic E-state index is 11.4. The molecule has 1 atom stereocenters. The van der Waals surface area contributed by atoms with Gasteiger partial charge in [0.15, 0.2) is 5.82 Å². The van der Waals surface area contributed by atoms with E-state index in [2.05, 4.69) is 25.3 Å². The van der Waals surface area contributed by atoms with Crippen LogP contribution in [0.2, 0.25) is 0 Å². The van der Waals surface area contributed by atoms with Crippen molar-refractivity contribution in [3.8, 4) is 0 Å². The zero-order valence-electron chi connectivity index (χ0n) is 9.69. The number of nitrogens with one attached hydrogen (secondary N) is 2. The Labute approximate surface area is 94.8 Å². The third-order valence-electron chi connectivity index (χ3n) is 2.12. The first kappa shape index (κ1) is 12.6. The van der Waals surface area contributed by atoms with Crippen molar-refractivity contribution in [2.45, 2.75) is 32.7 Å². The summed E-state index contributed by atoms with van der Waals surface area (Å²) in [5, 5.41) is 9.64. The minimum atomic E-state index is 0.0388. The molecule has 0 bridgehead atoms. The quantitative estimate of drug-likeness (QED) is 0.690. The molecule has 0 spiro atoms. The zero-order valence-corrected chi connectivity index (χ0v) is 9.69. The van der Waals surface area contributed by atoms with E-state index in [-0.39, 0.29) is 11.9 Å². The Morgan fingerprint density at radius 3 is 3.06 bits per heavy atom. The van der Waals surface area contributed by atoms with E-state index in [1.807, 2.05) is 13.8 Å². The van der Waals surface area contributed by atoms with Gasteiger partial charge in [0, 0.05) is 25.4 Å². The lowest BCUT2D eigenvalue weighted by molar-refractivity contribution is -0.121. The van der Waals surface area contributed by atoms with Crippen LogP contribution in [-0.4, -0.2) is 35.2 Å². The molecule has 0 aliphatic rings. The number of hydrogen-bond acceptors (Lipinski definition) is 5. The Hall–Kier alpha value is -1.43. The third-order valence-corrected chi connectivity index (χ3v) is 2.12. The fourth-order valence-corrected chi connectivity index (χ4v) is 1.39. The molecule has 0 saturated heterocycles. The van der Waals surface area contributed by atoms with Crippen LogP contribution in [-0.2, 0) is 11.2 Å². The third kappa shape index (κ3) is 4.88. The van der Waals surface area contributed by atoms with Crippen molar-refractivity contribution in [3.05, 3.63) is 12.2 Å². The van der Waals surface area contributed by atoms with Gasteiger partial charge in [0.2, 0.25) is 12.3 Å². The number of aromatic nitrogens is 2. The van der Waals surface area contributed by atoms with Crippen LogP contribution in [0, 0.1) is 0 Å². The van der Waals surface area contributed by atoms with Gasteiger partial charge in [0.1, 0.15) is 0 Å². The summed E-state index contributed by atoms with van der Waals surface area (Å²) < 4.78 is 4.58. The monoisotopic (exact) mass is 226 g/mol. The molecule has 0 fully saturated rings. The van der Waals surface area contributed by atoms with E-state index in [1.165, 1.54) is 6.39 Å². The lowest BCUT2D eigenvalue weighted by Crippen LogP contribution is -2.34. The SMILES string of the molecule is CCNC(C)CC(=O)NCCc1ncon1. The van der Waals surface area contributed by atoms with E-state index in [0.717, 1.165) is 6.54 Å². The predicted molar refractivity (Wildman–Crippen MR) is 58.8 cm³/mol. The van der Waals surface area contributed by atoms with Gasteiger partial charge in [0.25, 0.3) is 0 Å². The van der Waals surface area contributed by atoms with Gasteiger partial charge in [-0.1, -0.05) is 12.1 Å². The van der Waals surface area contributed by atoms with E-state index >= 15 is 0 Å². The van der Waals surface area contributed by atoms with Crippen LogP contribution in [0.4, 0.5) is 0 Å². The highest BCUT2D eigenvalue weighted by molar-refractivity contribution is 5.76. The molecule has 16 heavy (non-hydrogen) atoms. The molecule has 1 amide bonds. The first-order valence-electron chi connectivity index (χ1n) is 5.47.